The van der Waals surface area contributed by atoms with E-state index in [4.69, 9.17) is 23.7 Å². The molecule has 4 aromatic carbocycles. The van der Waals surface area contributed by atoms with Gasteiger partial charge in [0.05, 0.1) is 25.8 Å². The average molecular weight is 814 g/mol. The number of nitrogens with zero attached hydrogens (tertiary/aromatic N) is 3. The third-order valence-corrected chi connectivity index (χ3v) is 13.4. The molecule has 1 aliphatic heterocycles. The smallest absolute Gasteiger partial charge is 0.335 e. The van der Waals surface area contributed by atoms with Gasteiger partial charge in [0, 0.05) is 49.0 Å². The number of aromatic hydroxyl groups is 1. The van der Waals surface area contributed by atoms with E-state index in [0.717, 1.165) is 34.3 Å². The number of benzene rings is 4. The molecule has 0 aromatic heterocycles. The van der Waals surface area contributed by atoms with Gasteiger partial charge in [-0.05, 0) is 65.0 Å². The van der Waals surface area contributed by atoms with Gasteiger partial charge in [0.25, 0.3) is 0 Å². The number of carbonyl (C=O) groups excluding carboxylic acids is 1. The second kappa shape index (κ2) is 21.0. The molecule has 10 nitrogen and oxygen atoms in total. The second-order valence-corrected chi connectivity index (χ2v) is 28.5. The summed E-state index contributed by atoms with van der Waals surface area (Å²) in [5, 5.41) is 14.4. The molecule has 1 heterocycles. The molecule has 0 bridgehead atoms. The maximum atomic E-state index is 15.4. The SMILES string of the molecule is COc1cc(CN2C(=O)N(Cc3cccc(O)c3)[C@H](Cc3ccccc3)[C@H](OCOCC[Si](C)(C)C)CN2Cc2ccccc2)ccc1OCOCC[Si](C)(C)C. The maximum Gasteiger partial charge on any atom is 0.335 e. The van der Waals surface area contributed by atoms with Gasteiger partial charge in [-0.15, -0.1) is 0 Å². The van der Waals surface area contributed by atoms with Crippen LogP contribution in [0.3, 0.4) is 0 Å². The molecule has 1 N–H and O–H groups in total. The number of hydrogen-bond donors (Lipinski definition) is 1. The highest BCUT2D eigenvalue weighted by molar-refractivity contribution is 6.76. The molecule has 0 aliphatic carbocycles. The third kappa shape index (κ3) is 14.3. The fraction of sp³-hybridized carbons (Fsp3) is 0.444. The largest absolute Gasteiger partial charge is 0.508 e. The lowest BCUT2D eigenvalue weighted by molar-refractivity contribution is -0.118. The van der Waals surface area contributed by atoms with Crippen LogP contribution in [0.5, 0.6) is 17.2 Å². The maximum absolute atomic E-state index is 15.4. The van der Waals surface area contributed by atoms with Crippen LogP contribution in [0.25, 0.3) is 0 Å². The molecule has 0 spiro atoms. The minimum absolute atomic E-state index is 0.119. The molecule has 1 aliphatic rings. The van der Waals surface area contributed by atoms with E-state index in [1.807, 2.05) is 76.6 Å². The quantitative estimate of drug-likeness (QED) is 0.0506. The molecule has 0 saturated carbocycles. The molecule has 57 heavy (non-hydrogen) atoms. The molecule has 1 fully saturated rings. The summed E-state index contributed by atoms with van der Waals surface area (Å²) in [4.78, 5) is 17.3. The van der Waals surface area contributed by atoms with Gasteiger partial charge < -0.3 is 33.7 Å². The van der Waals surface area contributed by atoms with Gasteiger partial charge in [-0.3, -0.25) is 5.01 Å². The Morgan fingerprint density at radius 3 is 1.91 bits per heavy atom. The Balaban J connectivity index is 1.50. The first-order valence-electron chi connectivity index (χ1n) is 20.0. The Labute approximate surface area is 342 Å². The van der Waals surface area contributed by atoms with Gasteiger partial charge in [0.2, 0.25) is 0 Å². The molecule has 0 radical (unpaired) electrons. The number of phenolic OH excluding ortho intramolecular Hbond substituents is 1. The highest BCUT2D eigenvalue weighted by Gasteiger charge is 2.41. The number of urea groups is 1. The Morgan fingerprint density at radius 1 is 0.667 bits per heavy atom. The molecule has 308 valence electrons. The van der Waals surface area contributed by atoms with Gasteiger partial charge in [-0.2, -0.15) is 0 Å². The molecule has 4 aromatic rings. The van der Waals surface area contributed by atoms with E-state index in [-0.39, 0.29) is 44.5 Å². The predicted octanol–water partition coefficient (Wildman–Crippen LogP) is 9.26. The summed E-state index contributed by atoms with van der Waals surface area (Å²) in [7, 11) is -0.902. The van der Waals surface area contributed by atoms with E-state index in [9.17, 15) is 5.11 Å². The topological polar surface area (TPSA) is 93.2 Å². The number of ether oxygens (including phenoxy) is 5. The van der Waals surface area contributed by atoms with Gasteiger partial charge in [0.15, 0.2) is 18.3 Å². The van der Waals surface area contributed by atoms with Crippen LogP contribution >= 0.6 is 0 Å². The van der Waals surface area contributed by atoms with Crippen molar-refractivity contribution in [3.63, 3.8) is 0 Å². The molecule has 0 unspecified atom stereocenters. The number of amides is 2. The Bertz CT molecular complexity index is 1820. The number of carbonyl (C=O) groups is 1. The summed E-state index contributed by atoms with van der Waals surface area (Å²) >= 11 is 0. The van der Waals surface area contributed by atoms with Crippen LogP contribution in [-0.2, 0) is 40.3 Å². The van der Waals surface area contributed by atoms with Gasteiger partial charge in [-0.25, -0.2) is 9.80 Å². The molecule has 12 heteroatoms. The second-order valence-electron chi connectivity index (χ2n) is 17.2. The lowest BCUT2D eigenvalue weighted by atomic mass is 9.98. The monoisotopic (exact) mass is 813 g/mol. The summed E-state index contributed by atoms with van der Waals surface area (Å²) in [5.74, 6) is 1.29. The van der Waals surface area contributed by atoms with Gasteiger partial charge >= 0.3 is 6.03 Å². The number of rotatable bonds is 21. The van der Waals surface area contributed by atoms with Crippen molar-refractivity contribution in [1.82, 2.24) is 14.9 Å². The zero-order chi connectivity index (χ0) is 40.8. The summed E-state index contributed by atoms with van der Waals surface area (Å²) in [6.45, 7) is 16.9. The first-order chi connectivity index (χ1) is 27.3. The van der Waals surface area contributed by atoms with Crippen LogP contribution in [0.4, 0.5) is 4.79 Å². The minimum Gasteiger partial charge on any atom is -0.508 e. The zero-order valence-corrected chi connectivity index (χ0v) is 37.0. The number of methoxy groups -OCH3 is 1. The first-order valence-corrected chi connectivity index (χ1v) is 27.4. The lowest BCUT2D eigenvalue weighted by Crippen LogP contribution is -2.51. The summed E-state index contributed by atoms with van der Waals surface area (Å²) in [5.41, 5.74) is 3.85. The lowest BCUT2D eigenvalue weighted by Gasteiger charge is -2.36. The van der Waals surface area contributed by atoms with Crippen molar-refractivity contribution in [2.24, 2.45) is 0 Å². The van der Waals surface area contributed by atoms with Crippen LogP contribution in [0, 0.1) is 0 Å². The van der Waals surface area contributed by atoms with Crippen molar-refractivity contribution in [2.45, 2.75) is 89.6 Å². The minimum atomic E-state index is -1.31. The number of hydrogen-bond acceptors (Lipinski definition) is 8. The van der Waals surface area contributed by atoms with Crippen molar-refractivity contribution in [1.29, 1.82) is 0 Å². The van der Waals surface area contributed by atoms with Gasteiger partial charge in [0.1, 0.15) is 12.5 Å². The summed E-state index contributed by atoms with van der Waals surface area (Å²) < 4.78 is 30.5. The highest BCUT2D eigenvalue weighted by atomic mass is 28.3. The number of phenols is 1. The molecule has 2 amide bonds. The molecular weight excluding hydrogens is 751 g/mol. The van der Waals surface area contributed by atoms with Crippen LogP contribution in [0.2, 0.25) is 51.4 Å². The molecule has 5 rings (SSSR count). The fourth-order valence-electron chi connectivity index (χ4n) is 6.67. The predicted molar refractivity (Wildman–Crippen MR) is 232 cm³/mol. The van der Waals surface area contributed by atoms with Crippen LogP contribution in [0.15, 0.2) is 103 Å². The Morgan fingerprint density at radius 2 is 1.28 bits per heavy atom. The van der Waals surface area contributed by atoms with Crippen LogP contribution in [0.1, 0.15) is 22.3 Å². The first kappa shape index (κ1) is 43.9. The van der Waals surface area contributed by atoms with Crippen molar-refractivity contribution in [3.05, 3.63) is 125 Å². The van der Waals surface area contributed by atoms with Crippen molar-refractivity contribution < 1.29 is 33.6 Å². The van der Waals surface area contributed by atoms with E-state index in [1.54, 1.807) is 19.2 Å². The molecule has 2 atom stereocenters. The van der Waals surface area contributed by atoms with Crippen molar-refractivity contribution in [2.75, 3.05) is 40.5 Å². The van der Waals surface area contributed by atoms with Crippen LogP contribution in [-0.4, -0.2) is 94.8 Å². The Hall–Kier alpha value is -4.18. The highest BCUT2D eigenvalue weighted by Crippen LogP contribution is 2.32. The third-order valence-electron chi connectivity index (χ3n) is 10.0. The fourth-order valence-corrected chi connectivity index (χ4v) is 8.18. The molecule has 1 saturated heterocycles. The van der Waals surface area contributed by atoms with E-state index < -0.39 is 22.3 Å². The van der Waals surface area contributed by atoms with Crippen molar-refractivity contribution in [3.8, 4) is 17.2 Å². The molecular formula is C45H63N3O7Si2. The van der Waals surface area contributed by atoms with E-state index in [1.165, 1.54) is 0 Å². The number of hydrazine groups is 1. The zero-order valence-electron chi connectivity index (χ0n) is 35.0. The van der Waals surface area contributed by atoms with Crippen molar-refractivity contribution >= 4 is 22.2 Å². The summed E-state index contributed by atoms with van der Waals surface area (Å²) in [6.07, 6.45) is 0.149. The average Bonchev–Trinajstić information content (AvgIpc) is 3.25. The standard InChI is InChI=1S/C45H63N3O7Si2/c1-51-43-29-39(21-22-42(43)54-34-52-23-25-56(2,3)4)32-48-45(50)47(31-38-19-14-20-40(49)27-38)41(28-36-15-10-8-11-16-36)44(55-35-53-24-26-57(5,6)7)33-46(48)30-37-17-12-9-13-18-37/h8-22,27,29,41,44,49H,23-26,28,30-35H2,1-7H3/t41-,44-/m1/s1. The Kier molecular flexibility index (Phi) is 16.2. The normalized spacial score (nSPS) is 16.8. The summed E-state index contributed by atoms with van der Waals surface area (Å²) in [6, 6.07) is 34.9. The van der Waals surface area contributed by atoms with E-state index >= 15 is 4.79 Å². The van der Waals surface area contributed by atoms with E-state index in [2.05, 4.69) is 68.6 Å². The van der Waals surface area contributed by atoms with Crippen LogP contribution < -0.4 is 9.47 Å². The van der Waals surface area contributed by atoms with E-state index in [0.29, 0.717) is 44.2 Å². The van der Waals surface area contributed by atoms with Gasteiger partial charge in [-0.1, -0.05) is 118 Å².